The van der Waals surface area contributed by atoms with Crippen molar-refractivity contribution in [2.75, 3.05) is 77.5 Å². The first kappa shape index (κ1) is 40.2. The second-order valence-electron chi connectivity index (χ2n) is 14.0. The standard InChI is InChI=1S/C32H34ClFN6O3.C7H12FN.C2H3N/c1-3-43-22-12-14-38(20-22)13-6-11-26(41)39-15-17-40(18-16-39)31-24-19-35-29(28(34)30(24)36-32(37-31)42-2)23-9-4-7-21-8-5-10-25(33)27(21)23;8-6-4-7-2-1-3-9(7)5-6;1-2-3/h4-11,19,22H,3,12-18,20H2,1-2H3;6-7H,1-5H2;1H3/b11-6+;;. The van der Waals surface area contributed by atoms with E-state index in [4.69, 9.17) is 26.3 Å². The van der Waals surface area contributed by atoms with Crippen molar-refractivity contribution < 1.29 is 23.0 Å². The topological polar surface area (TPSA) is 111 Å². The molecule has 1 amide bonds. The van der Waals surface area contributed by atoms with Gasteiger partial charge in [-0.15, -0.1) is 0 Å². The molecule has 292 valence electrons. The summed E-state index contributed by atoms with van der Waals surface area (Å²) in [6.07, 6.45) is 9.32. The van der Waals surface area contributed by atoms with Crippen molar-refractivity contribution in [3.05, 3.63) is 65.6 Å². The average molecular weight is 775 g/mol. The first-order valence-corrected chi connectivity index (χ1v) is 19.4. The van der Waals surface area contributed by atoms with E-state index in [1.807, 2.05) is 47.1 Å². The fraction of sp³-hybridized carbons (Fsp3) is 0.488. The molecule has 8 rings (SSSR count). The second kappa shape index (κ2) is 18.9. The number of methoxy groups -OCH3 is 1. The van der Waals surface area contributed by atoms with Crippen molar-refractivity contribution in [1.82, 2.24) is 29.7 Å². The molecule has 4 saturated heterocycles. The summed E-state index contributed by atoms with van der Waals surface area (Å²) in [4.78, 5) is 34.8. The molecule has 0 N–H and O–H groups in total. The summed E-state index contributed by atoms with van der Waals surface area (Å²) < 4.78 is 39.9. The molecule has 4 aliphatic rings. The molecule has 6 heterocycles. The van der Waals surface area contributed by atoms with Crippen LogP contribution in [0.25, 0.3) is 32.9 Å². The minimum atomic E-state index is -0.573. The zero-order chi connectivity index (χ0) is 38.9. The summed E-state index contributed by atoms with van der Waals surface area (Å²) in [6.45, 7) is 10.7. The Kier molecular flexibility index (Phi) is 13.8. The van der Waals surface area contributed by atoms with Gasteiger partial charge in [0.1, 0.15) is 23.2 Å². The van der Waals surface area contributed by atoms with Crippen LogP contribution in [0.1, 0.15) is 39.5 Å². The number of aromatic nitrogens is 3. The van der Waals surface area contributed by atoms with Crippen LogP contribution < -0.4 is 9.64 Å². The molecule has 11 nitrogen and oxygen atoms in total. The number of ether oxygens (including phenoxy) is 2. The van der Waals surface area contributed by atoms with Crippen molar-refractivity contribution >= 4 is 45.0 Å². The van der Waals surface area contributed by atoms with Gasteiger partial charge < -0.3 is 19.3 Å². The van der Waals surface area contributed by atoms with Gasteiger partial charge in [0, 0.05) is 100 Å². The lowest BCUT2D eigenvalue weighted by atomic mass is 10.0. The predicted molar refractivity (Wildman–Crippen MR) is 212 cm³/mol. The van der Waals surface area contributed by atoms with Gasteiger partial charge in [-0.05, 0) is 50.6 Å². The number of piperazine rings is 1. The van der Waals surface area contributed by atoms with E-state index in [0.717, 1.165) is 56.4 Å². The number of benzene rings is 2. The smallest absolute Gasteiger partial charge is 0.318 e. The number of likely N-dealkylation sites (tertiary alicyclic amines) is 1. The molecule has 4 fully saturated rings. The van der Waals surface area contributed by atoms with Crippen molar-refractivity contribution in [2.45, 2.75) is 57.8 Å². The highest BCUT2D eigenvalue weighted by molar-refractivity contribution is 6.36. The van der Waals surface area contributed by atoms with E-state index in [1.165, 1.54) is 26.9 Å². The lowest BCUT2D eigenvalue weighted by molar-refractivity contribution is -0.126. The van der Waals surface area contributed by atoms with Gasteiger partial charge in [0.25, 0.3) is 0 Å². The number of rotatable bonds is 8. The Morgan fingerprint density at radius 3 is 2.56 bits per heavy atom. The number of alkyl halides is 1. The molecule has 0 saturated carbocycles. The van der Waals surface area contributed by atoms with Crippen molar-refractivity contribution in [3.63, 3.8) is 0 Å². The molecule has 0 spiro atoms. The summed E-state index contributed by atoms with van der Waals surface area (Å²) >= 11 is 6.52. The van der Waals surface area contributed by atoms with Crippen molar-refractivity contribution in [2.24, 2.45) is 0 Å². The molecule has 2 aromatic carbocycles. The van der Waals surface area contributed by atoms with E-state index in [9.17, 15) is 9.18 Å². The third kappa shape index (κ3) is 9.50. The van der Waals surface area contributed by atoms with Gasteiger partial charge in [0.05, 0.1) is 24.7 Å². The summed E-state index contributed by atoms with van der Waals surface area (Å²) in [5, 5.41) is 9.93. The lowest BCUT2D eigenvalue weighted by Crippen LogP contribution is -2.48. The van der Waals surface area contributed by atoms with Crippen molar-refractivity contribution in [3.8, 4) is 23.3 Å². The van der Waals surface area contributed by atoms with Gasteiger partial charge in [-0.2, -0.15) is 15.2 Å². The number of hydrogen-bond donors (Lipinski definition) is 0. The summed E-state index contributed by atoms with van der Waals surface area (Å²) in [6, 6.07) is 13.6. The highest BCUT2D eigenvalue weighted by Crippen LogP contribution is 2.37. The summed E-state index contributed by atoms with van der Waals surface area (Å²) in [7, 11) is 1.46. The van der Waals surface area contributed by atoms with Crippen LogP contribution in [0.15, 0.2) is 54.7 Å². The Morgan fingerprint density at radius 1 is 1.07 bits per heavy atom. The van der Waals surface area contributed by atoms with Gasteiger partial charge in [-0.3, -0.25) is 19.6 Å². The Bertz CT molecular complexity index is 2000. The van der Waals surface area contributed by atoms with Crippen LogP contribution in [-0.2, 0) is 9.53 Å². The zero-order valence-electron chi connectivity index (χ0n) is 31.8. The van der Waals surface area contributed by atoms with Crippen LogP contribution in [0.3, 0.4) is 0 Å². The number of carbonyl (C=O) groups excluding carboxylic acids is 1. The molecule has 3 unspecified atom stereocenters. The maximum atomic E-state index is 16.2. The number of fused-ring (bicyclic) bond motifs is 3. The molecular weight excluding hydrogens is 726 g/mol. The first-order valence-electron chi connectivity index (χ1n) is 19.1. The number of hydrogen-bond acceptors (Lipinski definition) is 10. The molecule has 2 aromatic heterocycles. The van der Waals surface area contributed by atoms with Gasteiger partial charge in [0.2, 0.25) is 5.91 Å². The summed E-state index contributed by atoms with van der Waals surface area (Å²) in [5.74, 6) is -0.0656. The van der Waals surface area contributed by atoms with Crippen molar-refractivity contribution in [1.29, 1.82) is 5.26 Å². The van der Waals surface area contributed by atoms with Crippen LogP contribution in [0, 0.1) is 17.1 Å². The van der Waals surface area contributed by atoms with Crippen LogP contribution in [-0.4, -0.2) is 126 Å². The second-order valence-corrected chi connectivity index (χ2v) is 14.5. The van der Waals surface area contributed by atoms with Crippen LogP contribution in [0.4, 0.5) is 14.6 Å². The number of pyridine rings is 1. The number of anilines is 1. The average Bonchev–Trinajstić information content (AvgIpc) is 3.92. The minimum absolute atomic E-state index is 0.0172. The van der Waals surface area contributed by atoms with E-state index < -0.39 is 12.0 Å². The minimum Gasteiger partial charge on any atom is -0.467 e. The number of nitrogens with zero attached hydrogens (tertiary/aromatic N) is 8. The van der Waals surface area contributed by atoms with Crippen LogP contribution >= 0.6 is 11.6 Å². The van der Waals surface area contributed by atoms with Gasteiger partial charge in [-0.25, -0.2) is 8.78 Å². The van der Waals surface area contributed by atoms with E-state index in [-0.39, 0.29) is 29.2 Å². The third-order valence-electron chi connectivity index (χ3n) is 10.5. The Balaban J connectivity index is 0.000000365. The van der Waals surface area contributed by atoms with Gasteiger partial charge >= 0.3 is 6.01 Å². The van der Waals surface area contributed by atoms with Gasteiger partial charge in [-0.1, -0.05) is 48.0 Å². The molecular formula is C41H49ClF2N8O3. The molecule has 0 radical (unpaired) electrons. The van der Waals surface area contributed by atoms with E-state index in [2.05, 4.69) is 24.8 Å². The Morgan fingerprint density at radius 2 is 1.84 bits per heavy atom. The number of nitriles is 1. The third-order valence-corrected chi connectivity index (χ3v) is 10.9. The number of halogens is 3. The SMILES string of the molecule is CC#N.CCOC1CCN(C/C=C/C(=O)N2CCN(c3nc(OC)nc4c(F)c(-c5cccc6cccc(Cl)c56)ncc34)CC2)C1.FC1CC2CCCN2C1. The maximum Gasteiger partial charge on any atom is 0.318 e. The monoisotopic (exact) mass is 774 g/mol. The first-order chi connectivity index (χ1) is 26.7. The number of carbonyl (C=O) groups is 1. The molecule has 0 bridgehead atoms. The van der Waals surface area contributed by atoms with Crippen LogP contribution in [0.5, 0.6) is 6.01 Å². The number of amides is 1. The fourth-order valence-corrected chi connectivity index (χ4v) is 8.23. The highest BCUT2D eigenvalue weighted by atomic mass is 35.5. The van der Waals surface area contributed by atoms with E-state index >= 15 is 4.39 Å². The molecule has 4 aromatic rings. The molecule has 0 aliphatic carbocycles. The zero-order valence-corrected chi connectivity index (χ0v) is 32.5. The van der Waals surface area contributed by atoms with Gasteiger partial charge in [0.15, 0.2) is 5.82 Å². The highest BCUT2D eigenvalue weighted by Gasteiger charge is 2.35. The fourth-order valence-electron chi connectivity index (χ4n) is 7.94. The van der Waals surface area contributed by atoms with Crippen LogP contribution in [0.2, 0.25) is 5.02 Å². The molecule has 14 heteroatoms. The summed E-state index contributed by atoms with van der Waals surface area (Å²) in [5.41, 5.74) is 0.855. The maximum absolute atomic E-state index is 16.2. The Labute approximate surface area is 326 Å². The van der Waals surface area contributed by atoms with E-state index in [0.29, 0.717) is 60.6 Å². The quantitative estimate of drug-likeness (QED) is 0.180. The largest absolute Gasteiger partial charge is 0.467 e. The Hall–Kier alpha value is -4.48. The molecule has 55 heavy (non-hydrogen) atoms. The van der Waals surface area contributed by atoms with E-state index in [1.54, 1.807) is 30.5 Å². The molecule has 3 atom stereocenters. The lowest BCUT2D eigenvalue weighted by Gasteiger charge is -2.35. The normalized spacial score (nSPS) is 21.3. The predicted octanol–water partition coefficient (Wildman–Crippen LogP) is 6.68. The molecule has 4 aliphatic heterocycles.